The Labute approximate surface area is 129 Å². The van der Waals surface area contributed by atoms with Gasteiger partial charge in [-0.1, -0.05) is 63.1 Å². The number of halogens is 2. The Morgan fingerprint density at radius 3 is 2.50 bits per heavy atom. The molecule has 1 nitrogen and oxygen atoms in total. The van der Waals surface area contributed by atoms with Crippen LogP contribution in [0.15, 0.2) is 18.2 Å². The summed E-state index contributed by atoms with van der Waals surface area (Å²) in [7, 11) is 0. The second kappa shape index (κ2) is 9.16. The molecule has 0 saturated heterocycles. The zero-order chi connectivity index (χ0) is 13.4. The van der Waals surface area contributed by atoms with Crippen LogP contribution in [0.5, 0.6) is 0 Å². The largest absolute Gasteiger partial charge is 0.388 e. The summed E-state index contributed by atoms with van der Waals surface area (Å²) in [5.41, 5.74) is 0.939. The van der Waals surface area contributed by atoms with E-state index in [1.54, 1.807) is 0 Å². The van der Waals surface area contributed by atoms with Crippen LogP contribution in [0.3, 0.4) is 0 Å². The van der Waals surface area contributed by atoms with Gasteiger partial charge in [0.15, 0.2) is 0 Å². The van der Waals surface area contributed by atoms with Crippen molar-refractivity contribution in [2.45, 2.75) is 58.0 Å². The number of hydrogen-bond acceptors (Lipinski definition) is 1. The lowest BCUT2D eigenvalue weighted by Crippen LogP contribution is -1.97. The molecule has 1 aromatic carbocycles. The van der Waals surface area contributed by atoms with Crippen LogP contribution in [0.4, 0.5) is 0 Å². The molecule has 1 atom stereocenters. The van der Waals surface area contributed by atoms with E-state index in [4.69, 9.17) is 11.6 Å². The third-order valence-electron chi connectivity index (χ3n) is 3.16. The molecule has 0 radical (unpaired) electrons. The first-order chi connectivity index (χ1) is 8.65. The van der Waals surface area contributed by atoms with Crippen molar-refractivity contribution in [2.75, 3.05) is 0 Å². The monoisotopic (exact) mass is 380 g/mol. The summed E-state index contributed by atoms with van der Waals surface area (Å²) in [4.78, 5) is 0. The van der Waals surface area contributed by atoms with E-state index in [0.29, 0.717) is 0 Å². The molecule has 0 aliphatic rings. The number of aliphatic hydroxyl groups excluding tert-OH is 1. The van der Waals surface area contributed by atoms with Gasteiger partial charge in [-0.25, -0.2) is 0 Å². The molecule has 0 aliphatic carbocycles. The van der Waals surface area contributed by atoms with Gasteiger partial charge in [-0.2, -0.15) is 0 Å². The lowest BCUT2D eigenvalue weighted by molar-refractivity contribution is 0.163. The maximum atomic E-state index is 10.1. The zero-order valence-electron chi connectivity index (χ0n) is 11.0. The molecule has 102 valence electrons. The maximum Gasteiger partial charge on any atom is 0.0790 e. The summed E-state index contributed by atoms with van der Waals surface area (Å²) in [6, 6.07) is 5.81. The summed E-state index contributed by atoms with van der Waals surface area (Å²) in [5.74, 6) is 0. The Balaban J connectivity index is 2.27. The van der Waals surface area contributed by atoms with Crippen LogP contribution in [-0.4, -0.2) is 5.11 Å². The molecular weight excluding hydrogens is 359 g/mol. The summed E-state index contributed by atoms with van der Waals surface area (Å²) >= 11 is 8.26. The number of unbranched alkanes of at least 4 members (excludes halogenated alkanes) is 5. The van der Waals surface area contributed by atoms with Gasteiger partial charge in [-0.15, -0.1) is 0 Å². The van der Waals surface area contributed by atoms with Crippen molar-refractivity contribution in [3.8, 4) is 0 Å². The fraction of sp³-hybridized carbons (Fsp3) is 0.600. The topological polar surface area (TPSA) is 20.2 Å². The van der Waals surface area contributed by atoms with E-state index < -0.39 is 0 Å². The highest BCUT2D eigenvalue weighted by molar-refractivity contribution is 14.1. The fourth-order valence-electron chi connectivity index (χ4n) is 2.00. The predicted molar refractivity (Wildman–Crippen MR) is 87.1 cm³/mol. The minimum atomic E-state index is -0.370. The van der Waals surface area contributed by atoms with Crippen LogP contribution in [0, 0.1) is 3.57 Å². The van der Waals surface area contributed by atoms with Gasteiger partial charge in [0.1, 0.15) is 0 Å². The number of benzene rings is 1. The second-order valence-electron chi connectivity index (χ2n) is 4.75. The molecule has 0 aromatic heterocycles. The lowest BCUT2D eigenvalue weighted by Gasteiger charge is -2.11. The Hall–Kier alpha value is 0.200. The van der Waals surface area contributed by atoms with Crippen molar-refractivity contribution < 1.29 is 5.11 Å². The summed E-state index contributed by atoms with van der Waals surface area (Å²) in [6.07, 6.45) is 7.99. The average Bonchev–Trinajstić information content (AvgIpc) is 2.36. The molecule has 1 N–H and O–H groups in total. The standard InChI is InChI=1S/C15H22ClIO/c1-2-3-4-5-6-7-8-15(18)12-9-10-14(17)13(16)11-12/h9-11,15,18H,2-8H2,1H3. The molecule has 0 aliphatic heterocycles. The molecule has 0 bridgehead atoms. The first kappa shape index (κ1) is 16.3. The lowest BCUT2D eigenvalue weighted by atomic mass is 10.0. The minimum Gasteiger partial charge on any atom is -0.388 e. The van der Waals surface area contributed by atoms with E-state index in [2.05, 4.69) is 29.5 Å². The Kier molecular flexibility index (Phi) is 8.27. The molecule has 1 aromatic rings. The molecule has 18 heavy (non-hydrogen) atoms. The quantitative estimate of drug-likeness (QED) is 0.451. The summed E-state index contributed by atoms with van der Waals surface area (Å²) in [5, 5.41) is 10.8. The molecule has 3 heteroatoms. The van der Waals surface area contributed by atoms with E-state index in [-0.39, 0.29) is 6.10 Å². The van der Waals surface area contributed by atoms with E-state index in [9.17, 15) is 5.11 Å². The molecule has 0 fully saturated rings. The second-order valence-corrected chi connectivity index (χ2v) is 6.32. The van der Waals surface area contributed by atoms with Gasteiger partial charge >= 0.3 is 0 Å². The average molecular weight is 381 g/mol. The van der Waals surface area contributed by atoms with E-state index >= 15 is 0 Å². The van der Waals surface area contributed by atoms with Crippen LogP contribution in [0.2, 0.25) is 5.02 Å². The van der Waals surface area contributed by atoms with Crippen molar-refractivity contribution in [2.24, 2.45) is 0 Å². The van der Waals surface area contributed by atoms with Gasteiger partial charge < -0.3 is 5.11 Å². The van der Waals surface area contributed by atoms with E-state index in [1.165, 1.54) is 32.1 Å². The van der Waals surface area contributed by atoms with Gasteiger partial charge in [0.25, 0.3) is 0 Å². The van der Waals surface area contributed by atoms with Gasteiger partial charge in [0.05, 0.1) is 11.1 Å². The molecule has 0 spiro atoms. The fourth-order valence-corrected chi connectivity index (χ4v) is 2.53. The third-order valence-corrected chi connectivity index (χ3v) is 4.73. The zero-order valence-corrected chi connectivity index (χ0v) is 13.9. The molecular formula is C15H22ClIO. The van der Waals surface area contributed by atoms with Gasteiger partial charge in [-0.05, 0) is 46.7 Å². The van der Waals surface area contributed by atoms with Crippen LogP contribution < -0.4 is 0 Å². The van der Waals surface area contributed by atoms with Crippen LogP contribution in [-0.2, 0) is 0 Å². The van der Waals surface area contributed by atoms with E-state index in [0.717, 1.165) is 27.0 Å². The molecule has 0 heterocycles. The minimum absolute atomic E-state index is 0.370. The number of aliphatic hydroxyl groups is 1. The van der Waals surface area contributed by atoms with Crippen molar-refractivity contribution in [3.05, 3.63) is 32.4 Å². The van der Waals surface area contributed by atoms with Crippen molar-refractivity contribution in [1.29, 1.82) is 0 Å². The van der Waals surface area contributed by atoms with Crippen LogP contribution >= 0.6 is 34.2 Å². The number of hydrogen-bond donors (Lipinski definition) is 1. The van der Waals surface area contributed by atoms with Gasteiger partial charge in [0.2, 0.25) is 0 Å². The SMILES string of the molecule is CCCCCCCCC(O)c1ccc(I)c(Cl)c1. The normalized spacial score (nSPS) is 12.7. The predicted octanol–water partition coefficient (Wildman–Crippen LogP) is 5.73. The van der Waals surface area contributed by atoms with Gasteiger partial charge in [0, 0.05) is 3.57 Å². The summed E-state index contributed by atoms with van der Waals surface area (Å²) < 4.78 is 1.03. The third kappa shape index (κ3) is 5.89. The van der Waals surface area contributed by atoms with Gasteiger partial charge in [-0.3, -0.25) is 0 Å². The maximum absolute atomic E-state index is 10.1. The van der Waals surface area contributed by atoms with Crippen LogP contribution in [0.25, 0.3) is 0 Å². The summed E-state index contributed by atoms with van der Waals surface area (Å²) in [6.45, 7) is 2.23. The van der Waals surface area contributed by atoms with Crippen molar-refractivity contribution >= 4 is 34.2 Å². The van der Waals surface area contributed by atoms with Crippen molar-refractivity contribution in [3.63, 3.8) is 0 Å². The highest BCUT2D eigenvalue weighted by atomic mass is 127. The molecule has 0 amide bonds. The molecule has 0 saturated carbocycles. The first-order valence-corrected chi connectivity index (χ1v) is 8.23. The van der Waals surface area contributed by atoms with E-state index in [1.807, 2.05) is 18.2 Å². The van der Waals surface area contributed by atoms with Crippen molar-refractivity contribution in [1.82, 2.24) is 0 Å². The highest BCUT2D eigenvalue weighted by Crippen LogP contribution is 2.26. The smallest absolute Gasteiger partial charge is 0.0790 e. The first-order valence-electron chi connectivity index (χ1n) is 6.78. The highest BCUT2D eigenvalue weighted by Gasteiger charge is 2.08. The van der Waals surface area contributed by atoms with Crippen LogP contribution in [0.1, 0.15) is 63.5 Å². The Morgan fingerprint density at radius 1 is 1.17 bits per heavy atom. The molecule has 1 rings (SSSR count). The molecule has 1 unspecified atom stereocenters. The number of rotatable bonds is 8. The Bertz CT molecular complexity index is 354. The Morgan fingerprint density at radius 2 is 1.83 bits per heavy atom.